The van der Waals surface area contributed by atoms with Crippen molar-refractivity contribution in [2.24, 2.45) is 0 Å². The summed E-state index contributed by atoms with van der Waals surface area (Å²) in [5, 5.41) is 0. The Morgan fingerprint density at radius 2 is 2.11 bits per heavy atom. The maximum atomic E-state index is 11.6. The minimum Gasteiger partial charge on any atom is -0.472 e. The second-order valence-electron chi connectivity index (χ2n) is 1.51. The molecule has 4 heteroatoms. The zero-order valence-corrected chi connectivity index (χ0v) is 4.27. The first-order valence-corrected chi connectivity index (χ1v) is 2.20. The van der Waals surface area contributed by atoms with Gasteiger partial charge in [-0.25, -0.2) is 0 Å². The molecule has 0 N–H and O–H groups in total. The molecule has 0 unspecified atom stereocenters. The van der Waals surface area contributed by atoms with Crippen LogP contribution in [0, 0.1) is 0 Å². The van der Waals surface area contributed by atoms with Gasteiger partial charge in [0.25, 0.3) is 0 Å². The van der Waals surface area contributed by atoms with Crippen molar-refractivity contribution < 1.29 is 19.0 Å². The average Bonchev–Trinajstić information content (AvgIpc) is 2.08. The van der Waals surface area contributed by atoms with Gasteiger partial charge in [-0.05, 0) is 6.07 Å². The quantitative estimate of drug-likeness (QED) is 0.535. The molecular formula is C5H4F3O+. The SMILES string of the molecule is FC(F)(F)c1ccoc1.[H+]. The van der Waals surface area contributed by atoms with E-state index in [1.807, 2.05) is 0 Å². The first-order valence-electron chi connectivity index (χ1n) is 2.20. The fourth-order valence-corrected chi connectivity index (χ4v) is 0.426. The Kier molecular flexibility index (Phi) is 1.23. The molecule has 1 aromatic heterocycles. The lowest BCUT2D eigenvalue weighted by Gasteiger charge is -1.98. The smallest absolute Gasteiger partial charge is 0.472 e. The predicted octanol–water partition coefficient (Wildman–Crippen LogP) is 2.41. The van der Waals surface area contributed by atoms with Gasteiger partial charge in [0.2, 0.25) is 0 Å². The van der Waals surface area contributed by atoms with E-state index in [1.165, 1.54) is 0 Å². The first-order chi connectivity index (χ1) is 4.11. The maximum absolute atomic E-state index is 11.6. The lowest BCUT2D eigenvalue weighted by atomic mass is 10.3. The van der Waals surface area contributed by atoms with Gasteiger partial charge in [0.05, 0.1) is 11.8 Å². The largest absolute Gasteiger partial charge is 1.00 e. The Morgan fingerprint density at radius 1 is 1.44 bits per heavy atom. The van der Waals surface area contributed by atoms with Crippen LogP contribution < -0.4 is 0 Å². The molecule has 9 heavy (non-hydrogen) atoms. The maximum Gasteiger partial charge on any atom is 1.00 e. The summed E-state index contributed by atoms with van der Waals surface area (Å²) >= 11 is 0. The van der Waals surface area contributed by atoms with Crippen molar-refractivity contribution in [1.29, 1.82) is 0 Å². The van der Waals surface area contributed by atoms with Crippen molar-refractivity contribution in [2.75, 3.05) is 0 Å². The molecule has 0 fully saturated rings. The molecule has 0 aliphatic heterocycles. The van der Waals surface area contributed by atoms with E-state index in [4.69, 9.17) is 0 Å². The standard InChI is InChI=1S/C5H3F3O/c6-5(7,8)4-1-2-9-3-4/h1-3H/p+1. The Bertz CT molecular complexity index is 179. The van der Waals surface area contributed by atoms with Crippen molar-refractivity contribution in [1.82, 2.24) is 0 Å². The zero-order valence-electron chi connectivity index (χ0n) is 5.27. The molecule has 0 bridgehead atoms. The van der Waals surface area contributed by atoms with Gasteiger partial charge >= 0.3 is 7.60 Å². The second-order valence-corrected chi connectivity index (χ2v) is 1.51. The van der Waals surface area contributed by atoms with Crippen molar-refractivity contribution >= 4 is 0 Å². The summed E-state index contributed by atoms with van der Waals surface area (Å²) < 4.78 is 38.9. The number of hydrogen-bond acceptors (Lipinski definition) is 1. The summed E-state index contributed by atoms with van der Waals surface area (Å²) in [6.07, 6.45) is -2.62. The average molecular weight is 137 g/mol. The fraction of sp³-hybridized carbons (Fsp3) is 0.200. The Balaban J connectivity index is 0.000000810. The molecule has 0 spiro atoms. The third-order valence-electron chi connectivity index (χ3n) is 0.849. The van der Waals surface area contributed by atoms with Crippen LogP contribution >= 0.6 is 0 Å². The van der Waals surface area contributed by atoms with Gasteiger partial charge in [-0.15, -0.1) is 0 Å². The highest BCUT2D eigenvalue weighted by Gasteiger charge is 2.31. The topological polar surface area (TPSA) is 13.1 Å². The molecule has 0 aliphatic carbocycles. The van der Waals surface area contributed by atoms with Crippen LogP contribution in [0.3, 0.4) is 0 Å². The summed E-state index contributed by atoms with van der Waals surface area (Å²) in [4.78, 5) is 0. The zero-order chi connectivity index (χ0) is 6.91. The molecule has 1 nitrogen and oxygen atoms in total. The van der Waals surface area contributed by atoms with E-state index in [0.717, 1.165) is 12.3 Å². The van der Waals surface area contributed by atoms with Gasteiger partial charge in [-0.3, -0.25) is 0 Å². The Morgan fingerprint density at radius 3 is 2.33 bits per heavy atom. The molecule has 0 saturated carbocycles. The molecule has 1 heterocycles. The molecule has 1 aromatic rings. The summed E-state index contributed by atoms with van der Waals surface area (Å²) in [6.45, 7) is 0. The van der Waals surface area contributed by atoms with E-state index in [0.29, 0.717) is 6.26 Å². The molecule has 0 aliphatic rings. The minimum absolute atomic E-state index is 0. The fourth-order valence-electron chi connectivity index (χ4n) is 0.426. The summed E-state index contributed by atoms with van der Waals surface area (Å²) in [7, 11) is 0. The van der Waals surface area contributed by atoms with Crippen molar-refractivity contribution in [3.63, 3.8) is 0 Å². The lowest BCUT2D eigenvalue weighted by Crippen LogP contribution is -2.01. The number of furan rings is 1. The van der Waals surface area contributed by atoms with E-state index < -0.39 is 11.7 Å². The highest BCUT2D eigenvalue weighted by Crippen LogP contribution is 2.28. The van der Waals surface area contributed by atoms with E-state index in [1.54, 1.807) is 0 Å². The van der Waals surface area contributed by atoms with Gasteiger partial charge in [0.1, 0.15) is 6.26 Å². The number of hydrogen-bond donors (Lipinski definition) is 0. The third-order valence-corrected chi connectivity index (χ3v) is 0.849. The summed E-state index contributed by atoms with van der Waals surface area (Å²) in [5.74, 6) is 0. The lowest BCUT2D eigenvalue weighted by molar-refractivity contribution is -0.137. The normalized spacial score (nSPS) is 11.9. The van der Waals surface area contributed by atoms with Crippen LogP contribution in [0.5, 0.6) is 0 Å². The molecular weight excluding hydrogens is 133 g/mol. The summed E-state index contributed by atoms with van der Waals surface area (Å²) in [5.41, 5.74) is -0.748. The van der Waals surface area contributed by atoms with Crippen LogP contribution in [0.25, 0.3) is 0 Å². The van der Waals surface area contributed by atoms with E-state index in [9.17, 15) is 13.2 Å². The number of alkyl halides is 3. The van der Waals surface area contributed by atoms with Crippen LogP contribution in [0.1, 0.15) is 6.99 Å². The van der Waals surface area contributed by atoms with Crippen LogP contribution in [0.2, 0.25) is 0 Å². The molecule has 0 atom stereocenters. The van der Waals surface area contributed by atoms with E-state index in [-0.39, 0.29) is 1.43 Å². The monoisotopic (exact) mass is 137 g/mol. The number of rotatable bonds is 0. The van der Waals surface area contributed by atoms with Crippen molar-refractivity contribution in [3.05, 3.63) is 24.2 Å². The molecule has 0 aromatic carbocycles. The Hall–Kier alpha value is -0.930. The van der Waals surface area contributed by atoms with Gasteiger partial charge < -0.3 is 4.42 Å². The van der Waals surface area contributed by atoms with Crippen molar-refractivity contribution in [2.45, 2.75) is 6.18 Å². The van der Waals surface area contributed by atoms with Crippen LogP contribution in [0.15, 0.2) is 23.0 Å². The van der Waals surface area contributed by atoms with Crippen molar-refractivity contribution in [3.8, 4) is 0 Å². The number of halogens is 3. The summed E-state index contributed by atoms with van der Waals surface area (Å²) in [6, 6.07) is 0.875. The van der Waals surface area contributed by atoms with Crippen LogP contribution in [0.4, 0.5) is 13.2 Å². The molecule has 50 valence electrons. The molecule has 0 radical (unpaired) electrons. The third kappa shape index (κ3) is 1.25. The van der Waals surface area contributed by atoms with Gasteiger partial charge in [0, 0.05) is 0 Å². The Labute approximate surface area is 50.6 Å². The van der Waals surface area contributed by atoms with Gasteiger partial charge in [0.15, 0.2) is 0 Å². The highest BCUT2D eigenvalue weighted by atomic mass is 19.4. The van der Waals surface area contributed by atoms with E-state index in [2.05, 4.69) is 4.42 Å². The van der Waals surface area contributed by atoms with Gasteiger partial charge in [-0.2, -0.15) is 13.2 Å². The molecule has 0 saturated heterocycles. The van der Waals surface area contributed by atoms with Gasteiger partial charge in [-0.1, -0.05) is 0 Å². The van der Waals surface area contributed by atoms with Crippen LogP contribution in [-0.4, -0.2) is 0 Å². The molecule has 0 amide bonds. The van der Waals surface area contributed by atoms with E-state index >= 15 is 0 Å². The highest BCUT2D eigenvalue weighted by molar-refractivity contribution is 5.09. The minimum atomic E-state index is -4.27. The second kappa shape index (κ2) is 1.79. The van der Waals surface area contributed by atoms with Crippen LogP contribution in [-0.2, 0) is 6.18 Å². The predicted molar refractivity (Wildman–Crippen MR) is 24.8 cm³/mol. The first kappa shape index (κ1) is 6.19. The molecule has 1 rings (SSSR count).